The van der Waals surface area contributed by atoms with E-state index in [0.717, 1.165) is 25.7 Å². The quantitative estimate of drug-likeness (QED) is 0.0443. The summed E-state index contributed by atoms with van der Waals surface area (Å²) < 4.78 is 9.36. The molecule has 0 bridgehead atoms. The Labute approximate surface area is 262 Å². The van der Waals surface area contributed by atoms with Gasteiger partial charge in [-0.2, -0.15) is 0 Å². The number of hydrogen-bond acceptors (Lipinski definition) is 4. The van der Waals surface area contributed by atoms with E-state index in [9.17, 15) is 9.59 Å². The lowest BCUT2D eigenvalue weighted by atomic mass is 10.0. The van der Waals surface area contributed by atoms with Crippen LogP contribution in [0.2, 0.25) is 0 Å². The van der Waals surface area contributed by atoms with Crippen LogP contribution < -0.4 is 0 Å². The van der Waals surface area contributed by atoms with Crippen molar-refractivity contribution in [2.24, 2.45) is 0 Å². The Balaban J connectivity index is 0. The van der Waals surface area contributed by atoms with Crippen molar-refractivity contribution in [3.63, 3.8) is 0 Å². The average molecular weight is 593 g/mol. The van der Waals surface area contributed by atoms with E-state index >= 15 is 0 Å². The molecule has 0 radical (unpaired) electrons. The first-order chi connectivity index (χ1) is 20.6. The van der Waals surface area contributed by atoms with Gasteiger partial charge in [0.25, 0.3) is 0 Å². The molecule has 0 aromatic rings. The van der Waals surface area contributed by atoms with Crippen LogP contribution in [0.5, 0.6) is 0 Å². The van der Waals surface area contributed by atoms with E-state index in [0.29, 0.717) is 12.8 Å². The molecule has 0 unspecified atom stereocenters. The Morgan fingerprint density at radius 3 is 0.762 bits per heavy atom. The van der Waals surface area contributed by atoms with Gasteiger partial charge < -0.3 is 9.47 Å². The molecule has 4 heteroatoms. The van der Waals surface area contributed by atoms with Crippen molar-refractivity contribution in [1.29, 1.82) is 0 Å². The van der Waals surface area contributed by atoms with Crippen molar-refractivity contribution in [2.45, 2.75) is 206 Å². The molecule has 0 N–H and O–H groups in total. The zero-order chi connectivity index (χ0) is 31.2. The third-order valence-corrected chi connectivity index (χ3v) is 7.90. The second-order valence-corrected chi connectivity index (χ2v) is 12.0. The Morgan fingerprint density at radius 2 is 0.571 bits per heavy atom. The van der Waals surface area contributed by atoms with Crippen LogP contribution in [0.1, 0.15) is 206 Å². The lowest BCUT2D eigenvalue weighted by Gasteiger charge is -2.03. The zero-order valence-corrected chi connectivity index (χ0v) is 28.4. The van der Waals surface area contributed by atoms with Crippen molar-refractivity contribution in [1.82, 2.24) is 0 Å². The molecule has 248 valence electrons. The summed E-state index contributed by atoms with van der Waals surface area (Å²) in [5, 5.41) is 0. The summed E-state index contributed by atoms with van der Waals surface area (Å²) in [4.78, 5) is 22.1. The highest BCUT2D eigenvalue weighted by molar-refractivity contribution is 5.70. The van der Waals surface area contributed by atoms with Crippen LogP contribution in [-0.2, 0) is 19.1 Å². The monoisotopic (exact) mass is 593 g/mol. The molecule has 0 aliphatic heterocycles. The largest absolute Gasteiger partial charge is 0.435 e. The van der Waals surface area contributed by atoms with Crippen LogP contribution in [0.3, 0.4) is 0 Å². The molecule has 42 heavy (non-hydrogen) atoms. The van der Waals surface area contributed by atoms with Crippen LogP contribution in [0.15, 0.2) is 25.7 Å². The van der Waals surface area contributed by atoms with Crippen LogP contribution in [0.25, 0.3) is 0 Å². The molecule has 0 aromatic carbocycles. The van der Waals surface area contributed by atoms with Gasteiger partial charge in [-0.1, -0.05) is 194 Å². The van der Waals surface area contributed by atoms with E-state index in [1.165, 1.54) is 167 Å². The van der Waals surface area contributed by atoms with Gasteiger partial charge in [0.15, 0.2) is 0 Å². The molecule has 0 fully saturated rings. The van der Waals surface area contributed by atoms with Gasteiger partial charge >= 0.3 is 11.9 Å². The smallest absolute Gasteiger partial charge is 0.310 e. The minimum atomic E-state index is -0.150. The Morgan fingerprint density at radius 1 is 0.381 bits per heavy atom. The predicted octanol–water partition coefficient (Wildman–Crippen LogP) is 13.1. The first kappa shape index (κ1) is 42.6. The maximum absolute atomic E-state index is 11.1. The van der Waals surface area contributed by atoms with Gasteiger partial charge in [0.05, 0.1) is 12.5 Å². The molecule has 0 saturated carbocycles. The van der Waals surface area contributed by atoms with Gasteiger partial charge in [0, 0.05) is 12.8 Å². The van der Waals surface area contributed by atoms with Crippen molar-refractivity contribution in [3.05, 3.63) is 25.7 Å². The van der Waals surface area contributed by atoms with Crippen molar-refractivity contribution in [3.8, 4) is 0 Å². The zero-order valence-electron chi connectivity index (χ0n) is 28.4. The van der Waals surface area contributed by atoms with Gasteiger partial charge in [-0.25, -0.2) is 0 Å². The Bertz CT molecular complexity index is 571. The van der Waals surface area contributed by atoms with Crippen LogP contribution in [0.4, 0.5) is 0 Å². The third kappa shape index (κ3) is 40.6. The van der Waals surface area contributed by atoms with Crippen LogP contribution in [0, 0.1) is 0 Å². The summed E-state index contributed by atoms with van der Waals surface area (Å²) in [6.07, 6.45) is 40.8. The second kappa shape index (κ2) is 39.4. The third-order valence-electron chi connectivity index (χ3n) is 7.90. The molecule has 0 aromatic heterocycles. The summed E-state index contributed by atoms with van der Waals surface area (Å²) in [7, 11) is 0. The standard InChI is InChI=1S/C20H38O2.C18H34O2/c1-3-5-6-7-8-9-10-11-12-13-14-15-16-17-18-19-20(21)22-4-2;1-3-5-6-7-8-9-10-11-12-13-14-15-16-17-18(19)20-4-2/h4H,2-3,5-19H2,1H3;4H,2-3,5-17H2,1H3. The molecular weight excluding hydrogens is 520 g/mol. The minimum Gasteiger partial charge on any atom is -0.435 e. The van der Waals surface area contributed by atoms with Gasteiger partial charge in [0.2, 0.25) is 0 Å². The molecule has 0 amide bonds. The van der Waals surface area contributed by atoms with E-state index in [4.69, 9.17) is 0 Å². The van der Waals surface area contributed by atoms with E-state index in [2.05, 4.69) is 36.5 Å². The molecule has 0 atom stereocenters. The summed E-state index contributed by atoms with van der Waals surface area (Å²) in [5.41, 5.74) is 0. The maximum Gasteiger partial charge on any atom is 0.310 e. The van der Waals surface area contributed by atoms with E-state index < -0.39 is 0 Å². The van der Waals surface area contributed by atoms with Crippen LogP contribution >= 0.6 is 0 Å². The molecule has 0 heterocycles. The minimum absolute atomic E-state index is 0.148. The van der Waals surface area contributed by atoms with Crippen molar-refractivity contribution in [2.75, 3.05) is 0 Å². The molecule has 0 spiro atoms. The molecule has 0 saturated heterocycles. The van der Waals surface area contributed by atoms with E-state index in [1.54, 1.807) is 0 Å². The fourth-order valence-corrected chi connectivity index (χ4v) is 5.23. The topological polar surface area (TPSA) is 52.6 Å². The van der Waals surface area contributed by atoms with Crippen molar-refractivity contribution < 1.29 is 19.1 Å². The molecule has 0 aliphatic rings. The summed E-state index contributed by atoms with van der Waals surface area (Å²) in [5.74, 6) is -0.298. The number of esters is 2. The molecular formula is C38H72O4. The summed E-state index contributed by atoms with van der Waals surface area (Å²) in [6, 6.07) is 0. The first-order valence-electron chi connectivity index (χ1n) is 18.2. The SMILES string of the molecule is C=COC(=O)CCCCCCCCCCCCCCC.C=COC(=O)CCCCCCCCCCCCCCCCC. The number of hydrogen-bond donors (Lipinski definition) is 0. The summed E-state index contributed by atoms with van der Waals surface area (Å²) in [6.45, 7) is 11.3. The lowest BCUT2D eigenvalue weighted by Crippen LogP contribution is -1.98. The fourth-order valence-electron chi connectivity index (χ4n) is 5.23. The Kier molecular flexibility index (Phi) is 39.9. The number of carbonyl (C=O) groups is 2. The predicted molar refractivity (Wildman–Crippen MR) is 182 cm³/mol. The van der Waals surface area contributed by atoms with E-state index in [1.807, 2.05) is 0 Å². The highest BCUT2D eigenvalue weighted by Crippen LogP contribution is 2.15. The highest BCUT2D eigenvalue weighted by atomic mass is 16.5. The van der Waals surface area contributed by atoms with Gasteiger partial charge in [-0.05, 0) is 12.8 Å². The average Bonchev–Trinajstić information content (AvgIpc) is 2.98. The van der Waals surface area contributed by atoms with Gasteiger partial charge in [-0.3, -0.25) is 9.59 Å². The molecule has 4 nitrogen and oxygen atoms in total. The highest BCUT2D eigenvalue weighted by Gasteiger charge is 2.01. The van der Waals surface area contributed by atoms with Gasteiger partial charge in [0.1, 0.15) is 0 Å². The number of unbranched alkanes of at least 4 members (excludes halogenated alkanes) is 26. The number of carbonyl (C=O) groups excluding carboxylic acids is 2. The molecule has 0 aliphatic carbocycles. The van der Waals surface area contributed by atoms with Crippen molar-refractivity contribution >= 4 is 11.9 Å². The fraction of sp³-hybridized carbons (Fsp3) is 0.842. The number of rotatable bonds is 32. The number of ether oxygens (including phenoxy) is 2. The normalized spacial score (nSPS) is 10.5. The van der Waals surface area contributed by atoms with Crippen LogP contribution in [-0.4, -0.2) is 11.9 Å². The lowest BCUT2D eigenvalue weighted by molar-refractivity contribution is -0.139. The first-order valence-corrected chi connectivity index (χ1v) is 18.2. The van der Waals surface area contributed by atoms with Gasteiger partial charge in [-0.15, -0.1) is 0 Å². The summed E-state index contributed by atoms with van der Waals surface area (Å²) >= 11 is 0. The maximum atomic E-state index is 11.1. The molecule has 0 rings (SSSR count). The van der Waals surface area contributed by atoms with E-state index in [-0.39, 0.29) is 11.9 Å². The second-order valence-electron chi connectivity index (χ2n) is 12.0. The Hall–Kier alpha value is -1.58.